The van der Waals surface area contributed by atoms with Crippen LogP contribution in [0, 0.1) is 0 Å². The second-order valence-electron chi connectivity index (χ2n) is 7.35. The first kappa shape index (κ1) is 17.9. The van der Waals surface area contributed by atoms with Gasteiger partial charge in [0.25, 0.3) is 0 Å². The molecule has 2 aliphatic rings. The van der Waals surface area contributed by atoms with Gasteiger partial charge >= 0.3 is 0 Å². The van der Waals surface area contributed by atoms with Gasteiger partial charge in [0, 0.05) is 46.2 Å². The van der Waals surface area contributed by atoms with E-state index in [9.17, 15) is 9.59 Å². The van der Waals surface area contributed by atoms with Crippen LogP contribution >= 0.6 is 0 Å². The molecule has 1 fully saturated rings. The summed E-state index contributed by atoms with van der Waals surface area (Å²) in [5.41, 5.74) is 2.75. The molecular formula is C20H29N3O2. The summed E-state index contributed by atoms with van der Waals surface area (Å²) in [5.74, 6) is 0.327. The van der Waals surface area contributed by atoms with Crippen LogP contribution in [0.1, 0.15) is 37.8 Å². The third kappa shape index (κ3) is 3.87. The molecule has 1 saturated heterocycles. The summed E-state index contributed by atoms with van der Waals surface area (Å²) >= 11 is 0. The van der Waals surface area contributed by atoms with Crippen molar-refractivity contribution in [2.24, 2.45) is 0 Å². The molecule has 0 aromatic heterocycles. The van der Waals surface area contributed by atoms with E-state index < -0.39 is 0 Å². The predicted molar refractivity (Wildman–Crippen MR) is 98.1 cm³/mol. The Labute approximate surface area is 150 Å². The summed E-state index contributed by atoms with van der Waals surface area (Å²) in [7, 11) is 1.86. The molecule has 5 nitrogen and oxygen atoms in total. The number of rotatable bonds is 3. The van der Waals surface area contributed by atoms with Gasteiger partial charge < -0.3 is 9.80 Å². The van der Waals surface area contributed by atoms with Crippen molar-refractivity contribution < 1.29 is 9.59 Å². The highest BCUT2D eigenvalue weighted by atomic mass is 16.2. The molecule has 0 radical (unpaired) electrons. The van der Waals surface area contributed by atoms with Crippen LogP contribution in [-0.2, 0) is 22.6 Å². The van der Waals surface area contributed by atoms with Crippen LogP contribution < -0.4 is 0 Å². The van der Waals surface area contributed by atoms with Gasteiger partial charge in [0.2, 0.25) is 11.8 Å². The number of fused-ring (bicyclic) bond motifs is 1. The van der Waals surface area contributed by atoms with E-state index in [1.165, 1.54) is 11.1 Å². The molecule has 2 amide bonds. The lowest BCUT2D eigenvalue weighted by Gasteiger charge is -2.40. The molecule has 1 aromatic carbocycles. The van der Waals surface area contributed by atoms with Gasteiger partial charge in [-0.1, -0.05) is 24.3 Å². The number of hydrogen-bond donors (Lipinski definition) is 0. The van der Waals surface area contributed by atoms with Crippen molar-refractivity contribution in [1.82, 2.24) is 14.7 Å². The fraction of sp³-hybridized carbons (Fsp3) is 0.600. The van der Waals surface area contributed by atoms with Gasteiger partial charge in [-0.3, -0.25) is 14.5 Å². The average molecular weight is 343 g/mol. The molecular weight excluding hydrogens is 314 g/mol. The number of nitrogens with zero attached hydrogens (tertiary/aromatic N) is 3. The standard InChI is InChI=1S/C20H29N3O2/c1-15(23-11-8-17-6-4-5-7-18(17)14-23)20(25)22-12-9-19(10-13-22)21(3)16(2)24/h4-7,15,19H,8-14H2,1-3H3. The fourth-order valence-corrected chi connectivity index (χ4v) is 4.00. The van der Waals surface area contributed by atoms with Crippen LogP contribution in [0.25, 0.3) is 0 Å². The van der Waals surface area contributed by atoms with Gasteiger partial charge in [-0.15, -0.1) is 0 Å². The zero-order valence-electron chi connectivity index (χ0n) is 15.6. The number of benzene rings is 1. The van der Waals surface area contributed by atoms with Crippen molar-refractivity contribution in [3.63, 3.8) is 0 Å². The third-order valence-corrected chi connectivity index (χ3v) is 5.89. The molecule has 0 bridgehead atoms. The zero-order chi connectivity index (χ0) is 18.0. The highest BCUT2D eigenvalue weighted by molar-refractivity contribution is 5.81. The van der Waals surface area contributed by atoms with E-state index in [1.54, 1.807) is 6.92 Å². The molecule has 0 saturated carbocycles. The summed E-state index contributed by atoms with van der Waals surface area (Å²) in [4.78, 5) is 30.5. The maximum atomic E-state index is 12.9. The van der Waals surface area contributed by atoms with E-state index >= 15 is 0 Å². The van der Waals surface area contributed by atoms with Crippen LogP contribution in [0.3, 0.4) is 0 Å². The van der Waals surface area contributed by atoms with Crippen molar-refractivity contribution in [3.05, 3.63) is 35.4 Å². The Morgan fingerprint density at radius 2 is 1.76 bits per heavy atom. The van der Waals surface area contributed by atoms with Gasteiger partial charge in [0.15, 0.2) is 0 Å². The van der Waals surface area contributed by atoms with Crippen LogP contribution in [0.5, 0.6) is 0 Å². The van der Waals surface area contributed by atoms with Crippen molar-refractivity contribution in [3.8, 4) is 0 Å². The second-order valence-corrected chi connectivity index (χ2v) is 7.35. The summed E-state index contributed by atoms with van der Waals surface area (Å²) < 4.78 is 0. The van der Waals surface area contributed by atoms with E-state index in [0.717, 1.165) is 45.4 Å². The minimum atomic E-state index is -0.0876. The minimum Gasteiger partial charge on any atom is -0.343 e. The topological polar surface area (TPSA) is 43.9 Å². The summed E-state index contributed by atoms with van der Waals surface area (Å²) in [5, 5.41) is 0. The number of likely N-dealkylation sites (tertiary alicyclic amines) is 1. The number of piperidine rings is 1. The summed E-state index contributed by atoms with van der Waals surface area (Å²) in [6, 6.07) is 8.70. The van der Waals surface area contributed by atoms with Crippen molar-refractivity contribution in [2.75, 3.05) is 26.7 Å². The number of amides is 2. The lowest BCUT2D eigenvalue weighted by atomic mass is 9.98. The lowest BCUT2D eigenvalue weighted by molar-refractivity contribution is -0.139. The first-order valence-electron chi connectivity index (χ1n) is 9.30. The summed E-state index contributed by atoms with van der Waals surface area (Å²) in [6.07, 6.45) is 2.76. The van der Waals surface area contributed by atoms with E-state index in [-0.39, 0.29) is 23.9 Å². The number of carbonyl (C=O) groups is 2. The smallest absolute Gasteiger partial charge is 0.239 e. The Balaban J connectivity index is 1.56. The number of carbonyl (C=O) groups excluding carboxylic acids is 2. The monoisotopic (exact) mass is 343 g/mol. The molecule has 2 heterocycles. The van der Waals surface area contributed by atoms with Gasteiger partial charge in [0.05, 0.1) is 6.04 Å². The maximum Gasteiger partial charge on any atom is 0.239 e. The van der Waals surface area contributed by atoms with Crippen LogP contribution in [0.4, 0.5) is 0 Å². The molecule has 0 aliphatic carbocycles. The molecule has 5 heteroatoms. The molecule has 1 aromatic rings. The van der Waals surface area contributed by atoms with Gasteiger partial charge in [-0.05, 0) is 37.3 Å². The third-order valence-electron chi connectivity index (χ3n) is 5.89. The molecule has 1 unspecified atom stereocenters. The van der Waals surface area contributed by atoms with E-state index in [4.69, 9.17) is 0 Å². The minimum absolute atomic E-state index is 0.0876. The molecule has 25 heavy (non-hydrogen) atoms. The first-order valence-corrected chi connectivity index (χ1v) is 9.30. The number of hydrogen-bond acceptors (Lipinski definition) is 3. The van der Waals surface area contributed by atoms with Crippen LogP contribution in [0.15, 0.2) is 24.3 Å². The molecule has 1 atom stereocenters. The summed E-state index contributed by atoms with van der Waals surface area (Å²) in [6.45, 7) is 6.92. The zero-order valence-corrected chi connectivity index (χ0v) is 15.6. The van der Waals surface area contributed by atoms with Gasteiger partial charge in [0.1, 0.15) is 0 Å². The Morgan fingerprint density at radius 3 is 2.40 bits per heavy atom. The Hall–Kier alpha value is -1.88. The highest BCUT2D eigenvalue weighted by Gasteiger charge is 2.32. The molecule has 3 rings (SSSR count). The molecule has 0 spiro atoms. The van der Waals surface area contributed by atoms with Gasteiger partial charge in [-0.25, -0.2) is 0 Å². The predicted octanol–water partition coefficient (Wildman–Crippen LogP) is 1.90. The second kappa shape index (κ2) is 7.56. The van der Waals surface area contributed by atoms with Crippen molar-refractivity contribution in [2.45, 2.75) is 51.7 Å². The Morgan fingerprint density at radius 1 is 1.12 bits per heavy atom. The molecule has 2 aliphatic heterocycles. The maximum absolute atomic E-state index is 12.9. The largest absolute Gasteiger partial charge is 0.343 e. The van der Waals surface area contributed by atoms with E-state index in [1.807, 2.05) is 23.8 Å². The van der Waals surface area contributed by atoms with Gasteiger partial charge in [-0.2, -0.15) is 0 Å². The molecule has 0 N–H and O–H groups in total. The first-order chi connectivity index (χ1) is 12.0. The SMILES string of the molecule is CC(=O)N(C)C1CCN(C(=O)C(C)N2CCc3ccccc3C2)CC1. The molecule has 136 valence electrons. The normalized spacial score (nSPS) is 20.0. The van der Waals surface area contributed by atoms with E-state index in [2.05, 4.69) is 29.2 Å². The average Bonchev–Trinajstić information content (AvgIpc) is 2.65. The Bertz CT molecular complexity index is 638. The van der Waals surface area contributed by atoms with Crippen molar-refractivity contribution in [1.29, 1.82) is 0 Å². The van der Waals surface area contributed by atoms with Crippen LogP contribution in [0.2, 0.25) is 0 Å². The fourth-order valence-electron chi connectivity index (χ4n) is 4.00. The van der Waals surface area contributed by atoms with Crippen LogP contribution in [-0.4, -0.2) is 65.3 Å². The van der Waals surface area contributed by atoms with E-state index in [0.29, 0.717) is 0 Å². The lowest BCUT2D eigenvalue weighted by Crippen LogP contribution is -2.53. The Kier molecular flexibility index (Phi) is 5.42. The highest BCUT2D eigenvalue weighted by Crippen LogP contribution is 2.22. The quantitative estimate of drug-likeness (QED) is 0.842. The van der Waals surface area contributed by atoms with Crippen molar-refractivity contribution >= 4 is 11.8 Å².